The second-order valence-electron chi connectivity index (χ2n) is 6.04. The first-order chi connectivity index (χ1) is 8.23. The molecule has 3 saturated heterocycles. The lowest BCUT2D eigenvalue weighted by molar-refractivity contribution is -0.134. The largest absolute Gasteiger partial charge is 0.373 e. The highest BCUT2D eigenvalue weighted by Gasteiger charge is 2.61. The molecule has 17 heavy (non-hydrogen) atoms. The van der Waals surface area contributed by atoms with Crippen LogP contribution in [0.4, 0.5) is 0 Å². The van der Waals surface area contributed by atoms with Crippen LogP contribution in [0.25, 0.3) is 0 Å². The van der Waals surface area contributed by atoms with Crippen molar-refractivity contribution < 1.29 is 9.53 Å². The van der Waals surface area contributed by atoms with Gasteiger partial charge in [-0.2, -0.15) is 0 Å². The standard InChI is InChI=1S/C13H20N2O2/c1-2-11-14-13(5-6-13)12(16)15(11)9-7-8-3-4-10(9)17-8/h8-11,14H,2-7H2,1H3. The third-order valence-electron chi connectivity index (χ3n) is 4.99. The molecule has 4 unspecified atom stereocenters. The Labute approximate surface area is 102 Å². The normalized spacial score (nSPS) is 46.2. The van der Waals surface area contributed by atoms with Gasteiger partial charge in [0, 0.05) is 0 Å². The van der Waals surface area contributed by atoms with Gasteiger partial charge in [-0.25, -0.2) is 0 Å². The molecule has 0 aromatic carbocycles. The molecule has 4 nitrogen and oxygen atoms in total. The Kier molecular flexibility index (Phi) is 1.96. The fraction of sp³-hybridized carbons (Fsp3) is 0.923. The summed E-state index contributed by atoms with van der Waals surface area (Å²) in [6, 6.07) is 0.346. The van der Waals surface area contributed by atoms with Crippen LogP contribution in [0.1, 0.15) is 45.4 Å². The van der Waals surface area contributed by atoms with Gasteiger partial charge in [-0.05, 0) is 38.5 Å². The molecule has 3 aliphatic heterocycles. The number of carbonyl (C=O) groups excluding carboxylic acids is 1. The number of hydrogen-bond donors (Lipinski definition) is 1. The molecule has 0 aromatic rings. The summed E-state index contributed by atoms with van der Waals surface area (Å²) in [5.74, 6) is 0.352. The van der Waals surface area contributed by atoms with Crippen LogP contribution in [0.15, 0.2) is 0 Å². The Balaban J connectivity index is 1.61. The van der Waals surface area contributed by atoms with Crippen LogP contribution in [0.3, 0.4) is 0 Å². The van der Waals surface area contributed by atoms with Crippen molar-refractivity contribution in [3.8, 4) is 0 Å². The van der Waals surface area contributed by atoms with Gasteiger partial charge in [-0.15, -0.1) is 0 Å². The number of nitrogens with one attached hydrogen (secondary N) is 1. The van der Waals surface area contributed by atoms with Gasteiger partial charge >= 0.3 is 0 Å². The maximum atomic E-state index is 12.5. The minimum atomic E-state index is -0.164. The van der Waals surface area contributed by atoms with Crippen molar-refractivity contribution in [2.45, 2.75) is 75.4 Å². The van der Waals surface area contributed by atoms with E-state index >= 15 is 0 Å². The molecule has 0 aromatic heterocycles. The number of carbonyl (C=O) groups is 1. The molecule has 4 aliphatic rings. The smallest absolute Gasteiger partial charge is 0.244 e. The van der Waals surface area contributed by atoms with Crippen LogP contribution in [-0.4, -0.2) is 40.8 Å². The molecule has 4 rings (SSSR count). The molecule has 94 valence electrons. The van der Waals surface area contributed by atoms with Gasteiger partial charge < -0.3 is 9.64 Å². The van der Waals surface area contributed by atoms with Gasteiger partial charge in [-0.1, -0.05) is 6.92 Å². The highest BCUT2D eigenvalue weighted by Crippen LogP contribution is 2.46. The molecule has 0 radical (unpaired) electrons. The van der Waals surface area contributed by atoms with Gasteiger partial charge in [0.2, 0.25) is 5.91 Å². The number of amides is 1. The second-order valence-corrected chi connectivity index (χ2v) is 6.04. The van der Waals surface area contributed by atoms with E-state index in [0.717, 1.165) is 32.1 Å². The van der Waals surface area contributed by atoms with Gasteiger partial charge in [-0.3, -0.25) is 10.1 Å². The highest BCUT2D eigenvalue weighted by molar-refractivity contribution is 5.92. The number of ether oxygens (including phenoxy) is 1. The van der Waals surface area contributed by atoms with E-state index in [-0.39, 0.29) is 11.7 Å². The summed E-state index contributed by atoms with van der Waals surface area (Å²) >= 11 is 0. The first kappa shape index (κ1) is 10.3. The molecule has 1 amide bonds. The van der Waals surface area contributed by atoms with Gasteiger partial charge in [0.15, 0.2) is 0 Å². The molecule has 1 saturated carbocycles. The van der Waals surface area contributed by atoms with E-state index in [9.17, 15) is 4.79 Å². The molecule has 3 heterocycles. The van der Waals surface area contributed by atoms with Crippen molar-refractivity contribution in [2.24, 2.45) is 0 Å². The Hall–Kier alpha value is -0.610. The third kappa shape index (κ3) is 1.28. The summed E-state index contributed by atoms with van der Waals surface area (Å²) in [6.07, 6.45) is 7.44. The van der Waals surface area contributed by atoms with E-state index in [1.807, 2.05) is 0 Å². The molecular formula is C13H20N2O2. The predicted octanol–water partition coefficient (Wildman–Crippen LogP) is 1.01. The van der Waals surface area contributed by atoms with Crippen molar-refractivity contribution in [3.05, 3.63) is 0 Å². The summed E-state index contributed by atoms with van der Waals surface area (Å²) < 4.78 is 5.91. The second kappa shape index (κ2) is 3.23. The SMILES string of the molecule is CCC1NC2(CC2)C(=O)N1C1CC2CCC1O2. The molecule has 4 fully saturated rings. The van der Waals surface area contributed by atoms with E-state index in [1.165, 1.54) is 6.42 Å². The fourth-order valence-electron chi connectivity index (χ4n) is 3.91. The molecular weight excluding hydrogens is 216 g/mol. The van der Waals surface area contributed by atoms with Crippen molar-refractivity contribution in [1.82, 2.24) is 10.2 Å². The van der Waals surface area contributed by atoms with E-state index in [0.29, 0.717) is 24.2 Å². The highest BCUT2D eigenvalue weighted by atomic mass is 16.5. The van der Waals surface area contributed by atoms with Crippen molar-refractivity contribution in [1.29, 1.82) is 0 Å². The molecule has 2 bridgehead atoms. The summed E-state index contributed by atoms with van der Waals surface area (Å²) in [4.78, 5) is 14.7. The van der Waals surface area contributed by atoms with Gasteiger partial charge in [0.1, 0.15) is 0 Å². The Bertz CT molecular complexity index is 366. The topological polar surface area (TPSA) is 41.6 Å². The monoisotopic (exact) mass is 236 g/mol. The molecule has 1 spiro atoms. The minimum absolute atomic E-state index is 0.164. The third-order valence-corrected chi connectivity index (χ3v) is 4.99. The zero-order chi connectivity index (χ0) is 11.6. The van der Waals surface area contributed by atoms with E-state index in [4.69, 9.17) is 4.74 Å². The molecule has 1 N–H and O–H groups in total. The Morgan fingerprint density at radius 3 is 2.82 bits per heavy atom. The first-order valence-electron chi connectivity index (χ1n) is 6.99. The maximum Gasteiger partial charge on any atom is 0.244 e. The number of rotatable bonds is 2. The Morgan fingerprint density at radius 1 is 1.47 bits per heavy atom. The number of nitrogens with zero attached hydrogens (tertiary/aromatic N) is 1. The minimum Gasteiger partial charge on any atom is -0.373 e. The van der Waals surface area contributed by atoms with E-state index < -0.39 is 0 Å². The van der Waals surface area contributed by atoms with E-state index in [2.05, 4.69) is 17.1 Å². The van der Waals surface area contributed by atoms with Crippen LogP contribution in [0.2, 0.25) is 0 Å². The lowest BCUT2D eigenvalue weighted by Crippen LogP contribution is -2.48. The number of fused-ring (bicyclic) bond motifs is 2. The van der Waals surface area contributed by atoms with Crippen LogP contribution in [0, 0.1) is 0 Å². The van der Waals surface area contributed by atoms with Crippen LogP contribution < -0.4 is 5.32 Å². The lowest BCUT2D eigenvalue weighted by atomic mass is 9.93. The van der Waals surface area contributed by atoms with Gasteiger partial charge in [0.25, 0.3) is 0 Å². The van der Waals surface area contributed by atoms with Crippen LogP contribution >= 0.6 is 0 Å². The lowest BCUT2D eigenvalue weighted by Gasteiger charge is -2.33. The Morgan fingerprint density at radius 2 is 2.29 bits per heavy atom. The van der Waals surface area contributed by atoms with Crippen molar-refractivity contribution >= 4 is 5.91 Å². The van der Waals surface area contributed by atoms with Crippen molar-refractivity contribution in [3.63, 3.8) is 0 Å². The fourth-order valence-corrected chi connectivity index (χ4v) is 3.91. The summed E-state index contributed by atoms with van der Waals surface area (Å²) in [5, 5.41) is 3.55. The quantitative estimate of drug-likeness (QED) is 0.778. The average Bonchev–Trinajstić information content (AvgIpc) is 2.71. The zero-order valence-electron chi connectivity index (χ0n) is 10.3. The zero-order valence-corrected chi connectivity index (χ0v) is 10.3. The predicted molar refractivity (Wildman–Crippen MR) is 62.3 cm³/mol. The summed E-state index contributed by atoms with van der Waals surface area (Å²) in [5.41, 5.74) is -0.164. The maximum absolute atomic E-state index is 12.5. The number of hydrogen-bond acceptors (Lipinski definition) is 3. The van der Waals surface area contributed by atoms with Crippen LogP contribution in [-0.2, 0) is 9.53 Å². The summed E-state index contributed by atoms with van der Waals surface area (Å²) in [6.45, 7) is 2.16. The van der Waals surface area contributed by atoms with Crippen molar-refractivity contribution in [2.75, 3.05) is 0 Å². The molecule has 1 aliphatic carbocycles. The van der Waals surface area contributed by atoms with Crippen LogP contribution in [0.5, 0.6) is 0 Å². The van der Waals surface area contributed by atoms with E-state index in [1.54, 1.807) is 0 Å². The molecule has 4 atom stereocenters. The first-order valence-corrected chi connectivity index (χ1v) is 6.99. The average molecular weight is 236 g/mol. The molecule has 4 heteroatoms. The van der Waals surface area contributed by atoms with Gasteiger partial charge in [0.05, 0.1) is 30.0 Å². The summed E-state index contributed by atoms with van der Waals surface area (Å²) in [7, 11) is 0.